The van der Waals surface area contributed by atoms with Gasteiger partial charge in [0.2, 0.25) is 0 Å². The third kappa shape index (κ3) is 7.36. The van der Waals surface area contributed by atoms with Crippen LogP contribution >= 0.6 is 0 Å². The van der Waals surface area contributed by atoms with Gasteiger partial charge in [0.05, 0.1) is 31.9 Å². The Hall–Kier alpha value is -6.26. The molecule has 2 aromatic heterocycles. The summed E-state index contributed by atoms with van der Waals surface area (Å²) < 4.78 is 87.8. The number of benzene rings is 6. The first-order chi connectivity index (χ1) is 31.9. The Balaban J connectivity index is 1.42. The van der Waals surface area contributed by atoms with Crippen LogP contribution in [0.2, 0.25) is 0 Å². The Morgan fingerprint density at radius 3 is 2.14 bits per heavy atom. The van der Waals surface area contributed by atoms with Gasteiger partial charge < -0.3 is 5.11 Å². The first kappa shape index (κ1) is 28.2. The highest BCUT2D eigenvalue weighted by molar-refractivity contribution is 5.97. The molecule has 0 bridgehead atoms. The molecule has 0 spiro atoms. The second kappa shape index (κ2) is 15.2. The Bertz CT molecular complexity index is 3280. The predicted octanol–water partition coefficient (Wildman–Crippen LogP) is 14.6. The molecule has 0 radical (unpaired) electrons. The van der Waals surface area contributed by atoms with Crippen molar-refractivity contribution in [3.63, 3.8) is 0 Å². The van der Waals surface area contributed by atoms with E-state index in [0.29, 0.717) is 28.0 Å². The first-order valence-electron chi connectivity index (χ1n) is 24.7. The van der Waals surface area contributed by atoms with Gasteiger partial charge in [-0.1, -0.05) is 139 Å². The number of aromatic nitrogens is 3. The molecule has 0 atom stereocenters. The van der Waals surface area contributed by atoms with Crippen LogP contribution in [0.25, 0.3) is 72.7 Å². The van der Waals surface area contributed by atoms with Gasteiger partial charge in [-0.25, -0.2) is 4.98 Å². The third-order valence-corrected chi connectivity index (χ3v) is 10.8. The van der Waals surface area contributed by atoms with Gasteiger partial charge in [0.1, 0.15) is 11.6 Å². The highest BCUT2D eigenvalue weighted by Crippen LogP contribution is 2.43. The van der Waals surface area contributed by atoms with E-state index >= 15 is 0 Å². The number of phenols is 1. The van der Waals surface area contributed by atoms with Crippen LogP contribution < -0.4 is 0 Å². The van der Waals surface area contributed by atoms with E-state index in [9.17, 15) is 6.48 Å². The maximum Gasteiger partial charge on any atom is 0.149 e. The number of hydrogen-bond donors (Lipinski definition) is 1. The Labute approximate surface area is 358 Å². The summed E-state index contributed by atoms with van der Waals surface area (Å²) in [6.07, 6.45) is -0.561. The van der Waals surface area contributed by atoms with E-state index < -0.39 is 65.8 Å². The normalized spacial score (nSPS) is 14.6. The van der Waals surface area contributed by atoms with E-state index in [1.165, 1.54) is 0 Å². The number of hydrogen-bond acceptors (Lipinski definition) is 3. The third-order valence-electron chi connectivity index (χ3n) is 10.8. The van der Waals surface area contributed by atoms with Crippen molar-refractivity contribution in [3.8, 4) is 67.5 Å². The zero-order chi connectivity index (χ0) is 49.5. The van der Waals surface area contributed by atoms with Crippen molar-refractivity contribution in [1.82, 2.24) is 14.5 Å². The second-order valence-electron chi connectivity index (χ2n) is 16.6. The highest BCUT2D eigenvalue weighted by Gasteiger charge is 2.25. The monoisotopic (exact) mass is 769 g/mol. The zero-order valence-corrected chi connectivity index (χ0v) is 34.2. The molecule has 290 valence electrons. The molecule has 58 heavy (non-hydrogen) atoms. The van der Waals surface area contributed by atoms with Crippen LogP contribution in [-0.4, -0.2) is 19.6 Å². The molecule has 8 aromatic rings. The summed E-state index contributed by atoms with van der Waals surface area (Å²) in [5.74, 6) is 0.879. The fourth-order valence-corrected chi connectivity index (χ4v) is 7.50. The van der Waals surface area contributed by atoms with Crippen molar-refractivity contribution in [2.45, 2.75) is 79.5 Å². The van der Waals surface area contributed by atoms with Crippen LogP contribution in [0.3, 0.4) is 0 Å². The molecule has 4 heteroatoms. The van der Waals surface area contributed by atoms with Gasteiger partial charge in [-0.3, -0.25) is 9.55 Å². The van der Waals surface area contributed by atoms with Gasteiger partial charge in [0.25, 0.3) is 0 Å². The SMILES string of the molecule is [2H]c1nc(-c2cc(-c3cccc4c3nc(-c3cc(C(C)C)cc(C(C)C)c3O)n4-c3ccc(-c4ccccc4)c(C)c3)cc(C(C)(C)C)c2)c([2H])c(-c2c([2H])c([2H])c(C([2H])([2H])[2H])c([2H])c2[2H])c1[2H]. The van der Waals surface area contributed by atoms with Crippen LogP contribution in [0.5, 0.6) is 5.75 Å². The Morgan fingerprint density at radius 1 is 0.690 bits per heavy atom. The van der Waals surface area contributed by atoms with Gasteiger partial charge in [-0.05, 0) is 130 Å². The van der Waals surface area contributed by atoms with E-state index in [1.807, 2.05) is 81.4 Å². The van der Waals surface area contributed by atoms with Gasteiger partial charge in [0.15, 0.2) is 0 Å². The van der Waals surface area contributed by atoms with Crippen molar-refractivity contribution in [3.05, 3.63) is 167 Å². The molecular formula is C54H53N3O. The van der Waals surface area contributed by atoms with E-state index in [2.05, 4.69) is 80.6 Å². The second-order valence-corrected chi connectivity index (χ2v) is 16.6. The van der Waals surface area contributed by atoms with Crippen LogP contribution in [0, 0.1) is 13.8 Å². The van der Waals surface area contributed by atoms with Crippen molar-refractivity contribution < 1.29 is 18.8 Å². The topological polar surface area (TPSA) is 50.9 Å². The molecule has 0 aliphatic heterocycles. The molecule has 0 saturated heterocycles. The molecule has 2 heterocycles. The van der Waals surface area contributed by atoms with Gasteiger partial charge in [-0.2, -0.15) is 0 Å². The van der Waals surface area contributed by atoms with Crippen LogP contribution in [0.1, 0.15) is 102 Å². The molecule has 8 rings (SSSR count). The number of imidazole rings is 1. The van der Waals surface area contributed by atoms with Gasteiger partial charge >= 0.3 is 0 Å². The maximum atomic E-state index is 12.1. The van der Waals surface area contributed by atoms with E-state index in [4.69, 9.17) is 17.3 Å². The lowest BCUT2D eigenvalue weighted by atomic mass is 9.83. The molecular weight excluding hydrogens is 707 g/mol. The number of aromatic hydroxyl groups is 1. The first-order valence-corrected chi connectivity index (χ1v) is 19.7. The summed E-state index contributed by atoms with van der Waals surface area (Å²) in [5.41, 5.74) is 8.53. The number of rotatable bonds is 8. The summed E-state index contributed by atoms with van der Waals surface area (Å²) in [5, 5.41) is 12.1. The molecule has 0 amide bonds. The number of pyridine rings is 1. The lowest BCUT2D eigenvalue weighted by Crippen LogP contribution is -2.11. The van der Waals surface area contributed by atoms with Crippen molar-refractivity contribution in [2.75, 3.05) is 0 Å². The molecule has 6 aromatic carbocycles. The molecule has 0 unspecified atom stereocenters. The van der Waals surface area contributed by atoms with Gasteiger partial charge in [-0.15, -0.1) is 0 Å². The number of fused-ring (bicyclic) bond motifs is 1. The fourth-order valence-electron chi connectivity index (χ4n) is 7.50. The average Bonchev–Trinajstić information content (AvgIpc) is 3.67. The Morgan fingerprint density at radius 2 is 1.45 bits per heavy atom. The minimum atomic E-state index is -2.96. The summed E-state index contributed by atoms with van der Waals surface area (Å²) in [7, 11) is 0. The van der Waals surface area contributed by atoms with E-state index in [1.54, 1.807) is 0 Å². The number of para-hydroxylation sites is 1. The number of phenolic OH excluding ortho intramolecular Hbond substituents is 1. The van der Waals surface area contributed by atoms with Crippen molar-refractivity contribution in [2.24, 2.45) is 0 Å². The van der Waals surface area contributed by atoms with Crippen LogP contribution in [-0.2, 0) is 5.41 Å². The zero-order valence-electron chi connectivity index (χ0n) is 44.2. The highest BCUT2D eigenvalue weighted by atomic mass is 16.3. The van der Waals surface area contributed by atoms with E-state index in [-0.39, 0.29) is 28.8 Å². The fraction of sp³-hybridized carbons (Fsp3) is 0.222. The summed E-state index contributed by atoms with van der Waals surface area (Å²) in [6.45, 7) is 13.6. The number of aryl methyl sites for hydroxylation is 1. The van der Waals surface area contributed by atoms with Crippen molar-refractivity contribution in [1.29, 1.82) is 0 Å². The smallest absolute Gasteiger partial charge is 0.149 e. The molecule has 0 fully saturated rings. The predicted molar refractivity (Wildman–Crippen MR) is 244 cm³/mol. The van der Waals surface area contributed by atoms with Crippen molar-refractivity contribution >= 4 is 11.0 Å². The average molecular weight is 770 g/mol. The summed E-state index contributed by atoms with van der Waals surface area (Å²) in [4.78, 5) is 9.87. The standard InChI is InChI=1S/C54H53N3O/c1-33(2)40-30-47(34(3)4)52(58)48(31-40)53-56-51-46(16-13-17-50(51)57(53)44-22-23-45(36(6)26-44)38-14-11-10-12-15-38)41-27-42(29-43(28-41)54(7,8)9)49-32-39(24-25-55-49)37-20-18-35(5)19-21-37/h10-34,58H,1-9H3/i5D3,18D,19D,20D,21D,24D,25D,32D. The summed E-state index contributed by atoms with van der Waals surface area (Å²) in [6, 6.07) is 28.2. The largest absolute Gasteiger partial charge is 0.507 e. The van der Waals surface area contributed by atoms with Gasteiger partial charge in [0, 0.05) is 27.1 Å². The van der Waals surface area contributed by atoms with E-state index in [0.717, 1.165) is 50.1 Å². The molecule has 1 N–H and O–H groups in total. The van der Waals surface area contributed by atoms with Crippen LogP contribution in [0.4, 0.5) is 0 Å². The lowest BCUT2D eigenvalue weighted by molar-refractivity contribution is 0.466. The Kier molecular flexibility index (Phi) is 7.41. The number of nitrogens with zero attached hydrogens (tertiary/aromatic N) is 3. The maximum absolute atomic E-state index is 12.1. The molecule has 0 aliphatic carbocycles. The lowest BCUT2D eigenvalue weighted by Gasteiger charge is -2.22. The van der Waals surface area contributed by atoms with Crippen LogP contribution in [0.15, 0.2) is 139 Å². The summed E-state index contributed by atoms with van der Waals surface area (Å²) >= 11 is 0. The minimum Gasteiger partial charge on any atom is -0.507 e. The quantitative estimate of drug-likeness (QED) is 0.167. The molecule has 0 saturated carbocycles. The minimum absolute atomic E-state index is 0.0215. The molecule has 4 nitrogen and oxygen atoms in total. The molecule has 0 aliphatic rings.